The van der Waals surface area contributed by atoms with Crippen LogP contribution in [0.1, 0.15) is 6.42 Å². The fourth-order valence-corrected chi connectivity index (χ4v) is 2.43. The first kappa shape index (κ1) is 10.3. The molecule has 2 N–H and O–H groups in total. The van der Waals surface area contributed by atoms with Crippen molar-refractivity contribution in [2.45, 2.75) is 6.42 Å². The number of rotatable bonds is 1. The quantitative estimate of drug-likeness (QED) is 0.767. The Balaban J connectivity index is 1.75. The third-order valence-corrected chi connectivity index (χ3v) is 3.40. The zero-order valence-electron chi connectivity index (χ0n) is 10.0. The second-order valence-electron chi connectivity index (χ2n) is 4.65. The van der Waals surface area contributed by atoms with E-state index < -0.39 is 5.91 Å². The van der Waals surface area contributed by atoms with E-state index in [4.69, 9.17) is 10.5 Å². The SMILES string of the molecule is NC(=O)C1=CN2C=C3OC4=CC=C(C4)N3C=C2C=C1. The minimum Gasteiger partial charge on any atom is -0.443 e. The van der Waals surface area contributed by atoms with Gasteiger partial charge in [-0.15, -0.1) is 0 Å². The van der Waals surface area contributed by atoms with Crippen LogP contribution in [0, 0.1) is 0 Å². The highest BCUT2D eigenvalue weighted by atomic mass is 16.5. The van der Waals surface area contributed by atoms with Gasteiger partial charge in [-0.05, 0) is 24.3 Å². The van der Waals surface area contributed by atoms with E-state index in [1.165, 1.54) is 5.70 Å². The molecule has 5 heteroatoms. The Morgan fingerprint density at radius 3 is 2.95 bits per heavy atom. The lowest BCUT2D eigenvalue weighted by molar-refractivity contribution is -0.114. The number of primary amides is 1. The first-order chi connectivity index (χ1) is 9.20. The summed E-state index contributed by atoms with van der Waals surface area (Å²) >= 11 is 0. The Morgan fingerprint density at radius 2 is 2.11 bits per heavy atom. The van der Waals surface area contributed by atoms with Gasteiger partial charge in [-0.25, -0.2) is 0 Å². The van der Waals surface area contributed by atoms with Crippen molar-refractivity contribution in [1.29, 1.82) is 0 Å². The number of hydrogen-bond donors (Lipinski definition) is 1. The van der Waals surface area contributed by atoms with Crippen molar-refractivity contribution < 1.29 is 9.53 Å². The highest BCUT2D eigenvalue weighted by Crippen LogP contribution is 2.38. The molecule has 0 aromatic carbocycles. The Bertz CT molecular complexity index is 677. The zero-order valence-corrected chi connectivity index (χ0v) is 10.0. The maximum atomic E-state index is 11.2. The van der Waals surface area contributed by atoms with Gasteiger partial charge >= 0.3 is 0 Å². The van der Waals surface area contributed by atoms with Gasteiger partial charge in [0.25, 0.3) is 0 Å². The molecule has 0 atom stereocenters. The molecule has 0 aromatic rings. The average Bonchev–Trinajstić information content (AvgIpc) is 2.79. The summed E-state index contributed by atoms with van der Waals surface area (Å²) in [5.41, 5.74) is 7.92. The molecule has 1 fully saturated rings. The molecule has 94 valence electrons. The highest BCUT2D eigenvalue weighted by molar-refractivity contribution is 5.95. The zero-order chi connectivity index (χ0) is 13.0. The van der Waals surface area contributed by atoms with Gasteiger partial charge in [0.15, 0.2) is 0 Å². The molecule has 0 spiro atoms. The van der Waals surface area contributed by atoms with Crippen LogP contribution in [0.4, 0.5) is 0 Å². The van der Waals surface area contributed by atoms with E-state index in [2.05, 4.69) is 6.08 Å². The highest BCUT2D eigenvalue weighted by Gasteiger charge is 2.30. The molecule has 2 bridgehead atoms. The smallest absolute Gasteiger partial charge is 0.250 e. The minimum absolute atomic E-state index is 0.439. The molecule has 0 radical (unpaired) electrons. The largest absolute Gasteiger partial charge is 0.443 e. The van der Waals surface area contributed by atoms with Crippen LogP contribution in [0.3, 0.4) is 0 Å². The van der Waals surface area contributed by atoms with E-state index in [-0.39, 0.29) is 0 Å². The summed E-state index contributed by atoms with van der Waals surface area (Å²) in [5.74, 6) is 1.24. The van der Waals surface area contributed by atoms with E-state index >= 15 is 0 Å². The number of allylic oxidation sites excluding steroid dienone is 3. The van der Waals surface area contributed by atoms with Crippen LogP contribution >= 0.6 is 0 Å². The van der Waals surface area contributed by atoms with Gasteiger partial charge in [0.2, 0.25) is 11.8 Å². The predicted octanol–water partition coefficient (Wildman–Crippen LogP) is 1.39. The van der Waals surface area contributed by atoms with Crippen LogP contribution in [0.5, 0.6) is 0 Å². The van der Waals surface area contributed by atoms with E-state index in [1.54, 1.807) is 12.3 Å². The number of amides is 1. The third kappa shape index (κ3) is 1.45. The predicted molar refractivity (Wildman–Crippen MR) is 68.1 cm³/mol. The van der Waals surface area contributed by atoms with Gasteiger partial charge in [0.05, 0.1) is 17.5 Å². The molecule has 0 aromatic heterocycles. The molecule has 1 amide bonds. The Kier molecular flexibility index (Phi) is 1.84. The normalized spacial score (nSPS) is 22.4. The third-order valence-electron chi connectivity index (χ3n) is 3.40. The summed E-state index contributed by atoms with van der Waals surface area (Å²) in [6, 6.07) is 0. The van der Waals surface area contributed by atoms with Crippen molar-refractivity contribution in [3.05, 3.63) is 71.5 Å². The molecule has 4 aliphatic rings. The number of nitrogens with zero attached hydrogens (tertiary/aromatic N) is 2. The molecular formula is C14H11N3O2. The summed E-state index contributed by atoms with van der Waals surface area (Å²) in [6.45, 7) is 0. The van der Waals surface area contributed by atoms with E-state index in [1.807, 2.05) is 34.4 Å². The Morgan fingerprint density at radius 1 is 1.21 bits per heavy atom. The summed E-state index contributed by atoms with van der Waals surface area (Å²) in [4.78, 5) is 15.1. The molecule has 0 unspecified atom stereocenters. The van der Waals surface area contributed by atoms with Gasteiger partial charge in [-0.2, -0.15) is 0 Å². The minimum atomic E-state index is -0.439. The van der Waals surface area contributed by atoms with Crippen molar-refractivity contribution in [1.82, 2.24) is 9.80 Å². The van der Waals surface area contributed by atoms with Gasteiger partial charge in [0.1, 0.15) is 5.76 Å². The number of hydrogen-bond acceptors (Lipinski definition) is 4. The van der Waals surface area contributed by atoms with Crippen LogP contribution in [-0.2, 0) is 9.53 Å². The molecule has 1 saturated heterocycles. The fourth-order valence-electron chi connectivity index (χ4n) is 2.43. The summed E-state index contributed by atoms with van der Waals surface area (Å²) < 4.78 is 5.77. The topological polar surface area (TPSA) is 58.8 Å². The number of carbonyl (C=O) groups is 1. The van der Waals surface area contributed by atoms with Crippen molar-refractivity contribution >= 4 is 5.91 Å². The molecule has 3 aliphatic heterocycles. The standard InChI is InChI=1S/C14H11N3O2/c15-14(18)9-1-2-11-7-17-10-3-4-12(5-10)19-13(17)8-16(11)6-9/h1-4,6-8H,5H2,(H2,15,18). The van der Waals surface area contributed by atoms with Crippen LogP contribution in [0.2, 0.25) is 0 Å². The average molecular weight is 253 g/mol. The molecule has 5 nitrogen and oxygen atoms in total. The first-order valence-electron chi connectivity index (χ1n) is 5.99. The van der Waals surface area contributed by atoms with Crippen LogP contribution < -0.4 is 5.73 Å². The van der Waals surface area contributed by atoms with Gasteiger partial charge in [-0.1, -0.05) is 0 Å². The second kappa shape index (κ2) is 3.41. The molecule has 0 saturated carbocycles. The maximum Gasteiger partial charge on any atom is 0.250 e. The second-order valence-corrected chi connectivity index (χ2v) is 4.65. The molecular weight excluding hydrogens is 242 g/mol. The fraction of sp³-hybridized carbons (Fsp3) is 0.0714. The maximum absolute atomic E-state index is 11.2. The lowest BCUT2D eigenvalue weighted by Crippen LogP contribution is -2.31. The van der Waals surface area contributed by atoms with E-state index in [9.17, 15) is 4.79 Å². The summed E-state index contributed by atoms with van der Waals surface area (Å²) in [5, 5.41) is 0. The first-order valence-corrected chi connectivity index (χ1v) is 5.99. The number of ether oxygens (including phenoxy) is 1. The summed E-state index contributed by atoms with van der Waals surface area (Å²) in [6.07, 6.45) is 14.0. The molecule has 19 heavy (non-hydrogen) atoms. The van der Waals surface area contributed by atoms with E-state index in [0.29, 0.717) is 5.57 Å². The van der Waals surface area contributed by atoms with Gasteiger partial charge in [0, 0.05) is 24.5 Å². The van der Waals surface area contributed by atoms with Crippen LogP contribution in [-0.4, -0.2) is 15.7 Å². The van der Waals surface area contributed by atoms with Gasteiger partial charge in [-0.3, -0.25) is 9.69 Å². The van der Waals surface area contributed by atoms with Crippen molar-refractivity contribution in [3.8, 4) is 0 Å². The van der Waals surface area contributed by atoms with Crippen molar-refractivity contribution in [2.75, 3.05) is 0 Å². The van der Waals surface area contributed by atoms with Crippen LogP contribution in [0.25, 0.3) is 0 Å². The molecule has 1 aliphatic carbocycles. The Hall–Kier alpha value is -2.69. The molecule has 4 rings (SSSR count). The number of fused-ring (bicyclic) bond motifs is 5. The van der Waals surface area contributed by atoms with Crippen molar-refractivity contribution in [2.24, 2.45) is 5.73 Å². The van der Waals surface area contributed by atoms with Crippen molar-refractivity contribution in [3.63, 3.8) is 0 Å². The van der Waals surface area contributed by atoms with Crippen LogP contribution in [0.15, 0.2) is 71.5 Å². The number of nitrogens with two attached hydrogens (primary N) is 1. The summed E-state index contributed by atoms with van der Waals surface area (Å²) in [7, 11) is 0. The monoisotopic (exact) mass is 253 g/mol. The Labute approximate surface area is 109 Å². The van der Waals surface area contributed by atoms with E-state index in [0.717, 1.165) is 23.8 Å². The number of carbonyl (C=O) groups excluding carboxylic acids is 1. The van der Waals surface area contributed by atoms with Gasteiger partial charge < -0.3 is 15.4 Å². The molecule has 3 heterocycles. The lowest BCUT2D eigenvalue weighted by Gasteiger charge is -2.36. The lowest BCUT2D eigenvalue weighted by atomic mass is 10.1.